The summed E-state index contributed by atoms with van der Waals surface area (Å²) in [6.45, 7) is 7.01. The molecule has 8 heteroatoms. The van der Waals surface area contributed by atoms with Gasteiger partial charge in [-0.2, -0.15) is 0 Å². The lowest BCUT2D eigenvalue weighted by atomic mass is 10.0. The lowest BCUT2D eigenvalue weighted by Gasteiger charge is -2.29. The molecule has 1 fully saturated rings. The maximum Gasteiger partial charge on any atom is 0.408 e. The number of benzene rings is 1. The standard InChI is InChI=1S/C19H26Cl2N2O4/c1-19(2,3)27-18(26)22-16(17(24)25)11-13-14(20)9-12(10-15(13)21)23-7-5-4-6-8-23/h9-10,16H,4-8,11H2,1-3H3,(H,22,26)(H,24,25). The van der Waals surface area contributed by atoms with E-state index in [9.17, 15) is 14.7 Å². The third-order valence-corrected chi connectivity index (χ3v) is 4.92. The van der Waals surface area contributed by atoms with Crippen LogP contribution in [-0.4, -0.2) is 41.9 Å². The Morgan fingerprint density at radius 3 is 2.22 bits per heavy atom. The number of aliphatic carboxylic acids is 1. The SMILES string of the molecule is CC(C)(C)OC(=O)NC(Cc1c(Cl)cc(N2CCCCC2)cc1Cl)C(=O)O. The van der Waals surface area contributed by atoms with Crippen LogP contribution in [0.3, 0.4) is 0 Å². The molecule has 0 aliphatic carbocycles. The minimum atomic E-state index is -1.20. The smallest absolute Gasteiger partial charge is 0.408 e. The number of carbonyl (C=O) groups is 2. The predicted octanol–water partition coefficient (Wildman–Crippen LogP) is 4.50. The number of hydrogen-bond acceptors (Lipinski definition) is 4. The monoisotopic (exact) mass is 416 g/mol. The lowest BCUT2D eigenvalue weighted by molar-refractivity contribution is -0.139. The van der Waals surface area contributed by atoms with Crippen LogP contribution in [0.4, 0.5) is 10.5 Å². The molecular formula is C19H26Cl2N2O4. The van der Waals surface area contributed by atoms with Crippen molar-refractivity contribution in [2.75, 3.05) is 18.0 Å². The number of carboxylic acids is 1. The molecule has 1 aliphatic rings. The molecule has 1 atom stereocenters. The van der Waals surface area contributed by atoms with Gasteiger partial charge >= 0.3 is 12.1 Å². The van der Waals surface area contributed by atoms with E-state index in [1.54, 1.807) is 32.9 Å². The Morgan fingerprint density at radius 1 is 1.19 bits per heavy atom. The molecule has 150 valence electrons. The Bertz CT molecular complexity index is 674. The van der Waals surface area contributed by atoms with E-state index in [1.807, 2.05) is 0 Å². The summed E-state index contributed by atoms with van der Waals surface area (Å²) in [6.07, 6.45) is 2.63. The fourth-order valence-electron chi connectivity index (χ4n) is 2.97. The summed E-state index contributed by atoms with van der Waals surface area (Å²) >= 11 is 12.8. The van der Waals surface area contributed by atoms with Gasteiger partial charge in [0.1, 0.15) is 11.6 Å². The summed E-state index contributed by atoms with van der Waals surface area (Å²) in [5.74, 6) is -1.19. The average Bonchev–Trinajstić information content (AvgIpc) is 2.55. The van der Waals surface area contributed by atoms with E-state index in [-0.39, 0.29) is 6.42 Å². The van der Waals surface area contributed by atoms with Crippen molar-refractivity contribution in [1.82, 2.24) is 5.32 Å². The highest BCUT2D eigenvalue weighted by atomic mass is 35.5. The van der Waals surface area contributed by atoms with E-state index in [2.05, 4.69) is 10.2 Å². The minimum absolute atomic E-state index is 0.0352. The summed E-state index contributed by atoms with van der Waals surface area (Å²) < 4.78 is 5.13. The summed E-state index contributed by atoms with van der Waals surface area (Å²) in [6, 6.07) is 2.41. The van der Waals surface area contributed by atoms with Gasteiger partial charge in [0.25, 0.3) is 0 Å². The van der Waals surface area contributed by atoms with Gasteiger partial charge in [-0.05, 0) is 57.7 Å². The summed E-state index contributed by atoms with van der Waals surface area (Å²) in [4.78, 5) is 25.7. The number of nitrogens with one attached hydrogen (secondary N) is 1. The third kappa shape index (κ3) is 6.47. The summed E-state index contributed by atoms with van der Waals surface area (Å²) in [5, 5.41) is 12.6. The number of hydrogen-bond donors (Lipinski definition) is 2. The molecule has 1 heterocycles. The average molecular weight is 417 g/mol. The number of nitrogens with zero attached hydrogens (tertiary/aromatic N) is 1. The van der Waals surface area contributed by atoms with Crippen LogP contribution in [0.1, 0.15) is 45.6 Å². The normalized spacial score (nSPS) is 16.0. The van der Waals surface area contributed by atoms with Crippen LogP contribution in [0.15, 0.2) is 12.1 Å². The number of ether oxygens (including phenoxy) is 1. The number of carboxylic acid groups (broad SMARTS) is 1. The fraction of sp³-hybridized carbons (Fsp3) is 0.579. The lowest BCUT2D eigenvalue weighted by Crippen LogP contribution is -2.44. The van der Waals surface area contributed by atoms with Crippen LogP contribution >= 0.6 is 23.2 Å². The van der Waals surface area contributed by atoms with E-state index >= 15 is 0 Å². The fourth-order valence-corrected chi connectivity index (χ4v) is 3.60. The summed E-state index contributed by atoms with van der Waals surface area (Å²) in [7, 11) is 0. The molecule has 0 aromatic heterocycles. The molecule has 1 unspecified atom stereocenters. The maximum absolute atomic E-state index is 11.9. The van der Waals surface area contributed by atoms with Gasteiger partial charge in [0.2, 0.25) is 0 Å². The molecule has 0 bridgehead atoms. The second-order valence-electron chi connectivity index (χ2n) is 7.68. The van der Waals surface area contributed by atoms with Crippen LogP contribution < -0.4 is 10.2 Å². The van der Waals surface area contributed by atoms with Crippen LogP contribution in [0.2, 0.25) is 10.0 Å². The van der Waals surface area contributed by atoms with Crippen molar-refractivity contribution in [1.29, 1.82) is 0 Å². The van der Waals surface area contributed by atoms with E-state index in [0.29, 0.717) is 15.6 Å². The van der Waals surface area contributed by atoms with E-state index in [0.717, 1.165) is 31.6 Å². The quantitative estimate of drug-likeness (QED) is 0.738. The zero-order valence-electron chi connectivity index (χ0n) is 15.8. The van der Waals surface area contributed by atoms with Crippen LogP contribution in [0, 0.1) is 0 Å². The number of alkyl carbamates (subject to hydrolysis) is 1. The van der Waals surface area contributed by atoms with Crippen LogP contribution in [0.25, 0.3) is 0 Å². The van der Waals surface area contributed by atoms with Crippen molar-refractivity contribution >= 4 is 41.0 Å². The highest BCUT2D eigenvalue weighted by molar-refractivity contribution is 6.36. The number of carbonyl (C=O) groups excluding carboxylic acids is 1. The molecule has 1 amide bonds. The van der Waals surface area contributed by atoms with Crippen molar-refractivity contribution in [3.63, 3.8) is 0 Å². The van der Waals surface area contributed by atoms with Crippen molar-refractivity contribution in [3.05, 3.63) is 27.7 Å². The molecule has 2 rings (SSSR count). The molecule has 0 saturated carbocycles. The largest absolute Gasteiger partial charge is 0.480 e. The number of piperidine rings is 1. The van der Waals surface area contributed by atoms with Crippen LogP contribution in [0.5, 0.6) is 0 Å². The molecule has 0 radical (unpaired) electrons. The number of halogens is 2. The Labute approximate surface area is 169 Å². The van der Waals surface area contributed by atoms with Crippen molar-refractivity contribution < 1.29 is 19.4 Å². The van der Waals surface area contributed by atoms with Crippen molar-refractivity contribution in [3.8, 4) is 0 Å². The molecule has 1 aliphatic heterocycles. The Kier molecular flexibility index (Phi) is 7.23. The molecule has 27 heavy (non-hydrogen) atoms. The van der Waals surface area contributed by atoms with E-state index < -0.39 is 23.7 Å². The second kappa shape index (κ2) is 9.02. The first-order chi connectivity index (χ1) is 12.6. The predicted molar refractivity (Wildman–Crippen MR) is 107 cm³/mol. The third-order valence-electron chi connectivity index (χ3n) is 4.24. The van der Waals surface area contributed by atoms with Crippen molar-refractivity contribution in [2.24, 2.45) is 0 Å². The van der Waals surface area contributed by atoms with E-state index in [1.165, 1.54) is 6.42 Å². The maximum atomic E-state index is 11.9. The van der Waals surface area contributed by atoms with Gasteiger partial charge in [-0.25, -0.2) is 9.59 Å². The van der Waals surface area contributed by atoms with Gasteiger partial charge in [-0.1, -0.05) is 23.2 Å². The first-order valence-electron chi connectivity index (χ1n) is 9.02. The second-order valence-corrected chi connectivity index (χ2v) is 8.49. The number of anilines is 1. The zero-order chi connectivity index (χ0) is 20.2. The first-order valence-corrected chi connectivity index (χ1v) is 9.77. The van der Waals surface area contributed by atoms with Gasteiger partial charge in [0, 0.05) is 35.2 Å². The van der Waals surface area contributed by atoms with Gasteiger partial charge < -0.3 is 20.1 Å². The highest BCUT2D eigenvalue weighted by Gasteiger charge is 2.26. The Balaban J connectivity index is 2.15. The number of amides is 1. The zero-order valence-corrected chi connectivity index (χ0v) is 17.4. The van der Waals surface area contributed by atoms with Crippen LogP contribution in [-0.2, 0) is 16.0 Å². The molecule has 1 aromatic rings. The molecule has 1 saturated heterocycles. The Morgan fingerprint density at radius 2 is 1.74 bits per heavy atom. The topological polar surface area (TPSA) is 78.9 Å². The molecular weight excluding hydrogens is 391 g/mol. The van der Waals surface area contributed by atoms with Crippen molar-refractivity contribution in [2.45, 2.75) is 58.1 Å². The molecule has 2 N–H and O–H groups in total. The minimum Gasteiger partial charge on any atom is -0.480 e. The van der Waals surface area contributed by atoms with Gasteiger partial charge in [-0.3, -0.25) is 0 Å². The van der Waals surface area contributed by atoms with E-state index in [4.69, 9.17) is 27.9 Å². The first kappa shape index (κ1) is 21.6. The number of rotatable bonds is 5. The molecule has 0 spiro atoms. The molecule has 6 nitrogen and oxygen atoms in total. The molecule has 1 aromatic carbocycles. The van der Waals surface area contributed by atoms with Gasteiger partial charge in [0.05, 0.1) is 0 Å². The van der Waals surface area contributed by atoms with Gasteiger partial charge in [-0.15, -0.1) is 0 Å². The highest BCUT2D eigenvalue weighted by Crippen LogP contribution is 2.33. The van der Waals surface area contributed by atoms with Gasteiger partial charge in [0.15, 0.2) is 0 Å². The summed E-state index contributed by atoms with van der Waals surface area (Å²) in [5.41, 5.74) is 0.696. The Hall–Kier alpha value is -1.66.